The predicted octanol–water partition coefficient (Wildman–Crippen LogP) is 1.80. The maximum Gasteiger partial charge on any atom is 0.234 e. The molecule has 17 heavy (non-hydrogen) atoms. The fourth-order valence-corrected chi connectivity index (χ4v) is 3.31. The molecular weight excluding hydrogens is 238 g/mol. The standard InChI is InChI=1S/C12H17NO3S/c1-3-17(14,15)13-8-4-5-10-9-11(16-2)6-7-12(10)13/h6-7,9H,3-5,8H2,1-2H3. The molecule has 1 aromatic carbocycles. The van der Waals surface area contributed by atoms with E-state index in [0.717, 1.165) is 29.8 Å². The lowest BCUT2D eigenvalue weighted by molar-refractivity contribution is 0.414. The zero-order valence-electron chi connectivity index (χ0n) is 10.1. The third-order valence-electron chi connectivity index (χ3n) is 3.06. The van der Waals surface area contributed by atoms with Crippen LogP contribution in [0, 0.1) is 0 Å². The first-order valence-electron chi connectivity index (χ1n) is 5.76. The van der Waals surface area contributed by atoms with Crippen LogP contribution in [0.1, 0.15) is 18.9 Å². The molecule has 2 rings (SSSR count). The van der Waals surface area contributed by atoms with Crippen molar-refractivity contribution in [3.8, 4) is 5.75 Å². The van der Waals surface area contributed by atoms with Crippen LogP contribution in [-0.2, 0) is 16.4 Å². The monoisotopic (exact) mass is 255 g/mol. The highest BCUT2D eigenvalue weighted by atomic mass is 32.2. The summed E-state index contributed by atoms with van der Waals surface area (Å²) in [5.41, 5.74) is 1.85. The van der Waals surface area contributed by atoms with Gasteiger partial charge in [0.2, 0.25) is 10.0 Å². The summed E-state index contributed by atoms with van der Waals surface area (Å²) in [7, 11) is -1.55. The highest BCUT2D eigenvalue weighted by Gasteiger charge is 2.26. The minimum absolute atomic E-state index is 0.137. The van der Waals surface area contributed by atoms with Gasteiger partial charge < -0.3 is 4.74 Å². The fourth-order valence-electron chi connectivity index (χ4n) is 2.11. The number of ether oxygens (including phenoxy) is 1. The highest BCUT2D eigenvalue weighted by Crippen LogP contribution is 2.32. The van der Waals surface area contributed by atoms with Crippen molar-refractivity contribution in [1.82, 2.24) is 0 Å². The Morgan fingerprint density at radius 3 is 2.82 bits per heavy atom. The van der Waals surface area contributed by atoms with E-state index in [4.69, 9.17) is 4.74 Å². The van der Waals surface area contributed by atoms with Crippen molar-refractivity contribution in [2.45, 2.75) is 19.8 Å². The Balaban J connectivity index is 2.45. The SMILES string of the molecule is CCS(=O)(=O)N1CCCc2cc(OC)ccc21. The Bertz CT molecular complexity index is 510. The number of aryl methyl sites for hydroxylation is 1. The molecule has 0 aromatic heterocycles. The number of rotatable bonds is 3. The molecule has 4 nitrogen and oxygen atoms in total. The predicted molar refractivity (Wildman–Crippen MR) is 68.1 cm³/mol. The van der Waals surface area contributed by atoms with E-state index in [9.17, 15) is 8.42 Å². The molecule has 0 spiro atoms. The van der Waals surface area contributed by atoms with E-state index >= 15 is 0 Å². The van der Waals surface area contributed by atoms with Gasteiger partial charge in [0.1, 0.15) is 5.75 Å². The number of anilines is 1. The van der Waals surface area contributed by atoms with Gasteiger partial charge in [0.05, 0.1) is 18.6 Å². The van der Waals surface area contributed by atoms with Gasteiger partial charge in [-0.1, -0.05) is 0 Å². The second-order valence-electron chi connectivity index (χ2n) is 4.07. The largest absolute Gasteiger partial charge is 0.497 e. The van der Waals surface area contributed by atoms with Gasteiger partial charge in [0.15, 0.2) is 0 Å². The lowest BCUT2D eigenvalue weighted by Gasteiger charge is -2.30. The molecule has 0 N–H and O–H groups in total. The Labute approximate surface area is 102 Å². The third kappa shape index (κ3) is 2.24. The summed E-state index contributed by atoms with van der Waals surface area (Å²) in [6.45, 7) is 2.25. The minimum Gasteiger partial charge on any atom is -0.497 e. The minimum atomic E-state index is -3.16. The van der Waals surface area contributed by atoms with Gasteiger partial charge in [0, 0.05) is 6.54 Å². The van der Waals surface area contributed by atoms with Crippen LogP contribution in [0.25, 0.3) is 0 Å². The summed E-state index contributed by atoms with van der Waals surface area (Å²) < 4.78 is 30.6. The number of fused-ring (bicyclic) bond motifs is 1. The second kappa shape index (κ2) is 4.56. The molecule has 0 aliphatic carbocycles. The zero-order valence-corrected chi connectivity index (χ0v) is 11.0. The molecule has 0 saturated heterocycles. The van der Waals surface area contributed by atoms with Crippen molar-refractivity contribution < 1.29 is 13.2 Å². The van der Waals surface area contributed by atoms with Gasteiger partial charge >= 0.3 is 0 Å². The van der Waals surface area contributed by atoms with E-state index in [-0.39, 0.29) is 5.75 Å². The third-order valence-corrected chi connectivity index (χ3v) is 4.84. The van der Waals surface area contributed by atoms with E-state index in [2.05, 4.69) is 0 Å². The average Bonchev–Trinajstić information content (AvgIpc) is 2.37. The summed E-state index contributed by atoms with van der Waals surface area (Å²) in [5, 5.41) is 0. The Hall–Kier alpha value is -1.23. The van der Waals surface area contributed by atoms with Crippen LogP contribution in [0.3, 0.4) is 0 Å². The summed E-state index contributed by atoms with van der Waals surface area (Å²) in [4.78, 5) is 0. The number of sulfonamides is 1. The molecule has 1 aliphatic heterocycles. The van der Waals surface area contributed by atoms with Gasteiger partial charge in [-0.3, -0.25) is 4.31 Å². The first kappa shape index (κ1) is 12.2. The van der Waals surface area contributed by atoms with Crippen molar-refractivity contribution in [2.24, 2.45) is 0 Å². The summed E-state index contributed by atoms with van der Waals surface area (Å²) in [6, 6.07) is 5.57. The highest BCUT2D eigenvalue weighted by molar-refractivity contribution is 7.92. The second-order valence-corrected chi connectivity index (χ2v) is 6.25. The molecule has 1 aromatic rings. The molecule has 0 amide bonds. The number of hydrogen-bond acceptors (Lipinski definition) is 3. The molecule has 0 unspecified atom stereocenters. The molecule has 1 aliphatic rings. The summed E-state index contributed by atoms with van der Waals surface area (Å²) >= 11 is 0. The van der Waals surface area contributed by atoms with E-state index in [1.165, 1.54) is 4.31 Å². The Kier molecular flexibility index (Phi) is 3.28. The number of hydrogen-bond donors (Lipinski definition) is 0. The Morgan fingerprint density at radius 2 is 2.18 bits per heavy atom. The van der Waals surface area contributed by atoms with Crippen LogP contribution in [0.15, 0.2) is 18.2 Å². The lowest BCUT2D eigenvalue weighted by atomic mass is 10.0. The smallest absolute Gasteiger partial charge is 0.234 e. The van der Waals surface area contributed by atoms with Crippen molar-refractivity contribution >= 4 is 15.7 Å². The van der Waals surface area contributed by atoms with Gasteiger partial charge in [-0.05, 0) is 43.5 Å². The van der Waals surface area contributed by atoms with Crippen LogP contribution >= 0.6 is 0 Å². The van der Waals surface area contributed by atoms with Gasteiger partial charge in [0.25, 0.3) is 0 Å². The summed E-state index contributed by atoms with van der Waals surface area (Å²) in [5.74, 6) is 0.915. The van der Waals surface area contributed by atoms with Crippen molar-refractivity contribution in [1.29, 1.82) is 0 Å². The summed E-state index contributed by atoms with van der Waals surface area (Å²) in [6.07, 6.45) is 1.77. The topological polar surface area (TPSA) is 46.6 Å². The molecule has 0 saturated carbocycles. The number of benzene rings is 1. The quantitative estimate of drug-likeness (QED) is 0.827. The molecule has 94 valence electrons. The number of nitrogens with zero attached hydrogens (tertiary/aromatic N) is 1. The van der Waals surface area contributed by atoms with Gasteiger partial charge in [-0.25, -0.2) is 8.42 Å². The van der Waals surface area contributed by atoms with Gasteiger partial charge in [-0.2, -0.15) is 0 Å². The first-order chi connectivity index (χ1) is 8.08. The van der Waals surface area contributed by atoms with Crippen LogP contribution in [0.2, 0.25) is 0 Å². The number of methoxy groups -OCH3 is 1. The van der Waals surface area contributed by atoms with Crippen LogP contribution in [0.4, 0.5) is 5.69 Å². The molecule has 0 bridgehead atoms. The van der Waals surface area contributed by atoms with E-state index in [0.29, 0.717) is 6.54 Å². The zero-order chi connectivity index (χ0) is 12.5. The molecular formula is C12H17NO3S. The molecule has 1 heterocycles. The first-order valence-corrected chi connectivity index (χ1v) is 7.36. The van der Waals surface area contributed by atoms with Crippen LogP contribution in [-0.4, -0.2) is 27.8 Å². The van der Waals surface area contributed by atoms with Crippen molar-refractivity contribution in [3.05, 3.63) is 23.8 Å². The molecule has 0 fully saturated rings. The molecule has 0 atom stereocenters. The average molecular weight is 255 g/mol. The van der Waals surface area contributed by atoms with Crippen molar-refractivity contribution in [3.63, 3.8) is 0 Å². The lowest BCUT2D eigenvalue weighted by Crippen LogP contribution is -2.36. The van der Waals surface area contributed by atoms with Crippen molar-refractivity contribution in [2.75, 3.05) is 23.7 Å². The van der Waals surface area contributed by atoms with E-state index in [1.54, 1.807) is 14.0 Å². The molecule has 5 heteroatoms. The van der Waals surface area contributed by atoms with E-state index < -0.39 is 10.0 Å². The Morgan fingerprint density at radius 1 is 1.41 bits per heavy atom. The van der Waals surface area contributed by atoms with E-state index in [1.807, 2.05) is 18.2 Å². The maximum atomic E-state index is 12.0. The maximum absolute atomic E-state index is 12.0. The van der Waals surface area contributed by atoms with Gasteiger partial charge in [-0.15, -0.1) is 0 Å². The molecule has 0 radical (unpaired) electrons. The van der Waals surface area contributed by atoms with Crippen LogP contribution < -0.4 is 9.04 Å². The van der Waals surface area contributed by atoms with Crippen LogP contribution in [0.5, 0.6) is 5.75 Å². The fraction of sp³-hybridized carbons (Fsp3) is 0.500. The normalized spacial score (nSPS) is 15.5.